The van der Waals surface area contributed by atoms with Crippen molar-refractivity contribution >= 4 is 44.2 Å². The molecule has 5 aromatic rings. The molecule has 5 aliphatic rings. The average molecular weight is 931 g/mol. The topological polar surface area (TPSA) is 185 Å². The maximum Gasteiger partial charge on any atom is 0.312 e. The first-order valence-corrected chi connectivity index (χ1v) is 25.5. The highest BCUT2D eigenvalue weighted by molar-refractivity contribution is 7.90. The third-order valence-electron chi connectivity index (χ3n) is 15.6. The van der Waals surface area contributed by atoms with Gasteiger partial charge in [-0.05, 0) is 122 Å². The Morgan fingerprint density at radius 3 is 2.48 bits per heavy atom. The van der Waals surface area contributed by atoms with Crippen LogP contribution < -0.4 is 19.7 Å². The molecule has 10 rings (SSSR count). The number of carbonyl (C=O) groups excluding carboxylic acids is 1. The van der Waals surface area contributed by atoms with Gasteiger partial charge in [0.25, 0.3) is 15.9 Å². The van der Waals surface area contributed by atoms with Crippen LogP contribution in [0.25, 0.3) is 11.0 Å². The van der Waals surface area contributed by atoms with E-state index in [2.05, 4.69) is 86.8 Å². The smallest absolute Gasteiger partial charge is 0.312 e. The number of pyridine rings is 2. The number of nitrogens with zero attached hydrogens (tertiary/aromatic N) is 5. The minimum atomic E-state index is -4.61. The number of ether oxygens (including phenoxy) is 2. The van der Waals surface area contributed by atoms with E-state index in [1.807, 2.05) is 12.1 Å². The van der Waals surface area contributed by atoms with Gasteiger partial charge in [0.2, 0.25) is 5.82 Å². The fraction of sp³-hybridized carbons (Fsp3) is 0.510. The molecule has 67 heavy (non-hydrogen) atoms. The third-order valence-corrected chi connectivity index (χ3v) is 16.9. The molecule has 5 heterocycles. The lowest BCUT2D eigenvalue weighted by Gasteiger charge is -2.58. The number of rotatable bonds is 13. The summed E-state index contributed by atoms with van der Waals surface area (Å²) in [6.45, 7) is 12.9. The van der Waals surface area contributed by atoms with Gasteiger partial charge in [0.05, 0.1) is 41.1 Å². The summed E-state index contributed by atoms with van der Waals surface area (Å²) in [5, 5.41) is 16.1. The largest absolute Gasteiger partial charge is 0.455 e. The second-order valence-electron chi connectivity index (χ2n) is 21.1. The number of nitro groups is 1. The predicted molar refractivity (Wildman–Crippen MR) is 257 cm³/mol. The molecule has 5 fully saturated rings. The number of fused-ring (bicyclic) bond motifs is 1. The minimum Gasteiger partial charge on any atom is -0.455 e. The number of piperidine rings is 1. The predicted octanol–water partition coefficient (Wildman–Crippen LogP) is 9.88. The van der Waals surface area contributed by atoms with Gasteiger partial charge in [-0.15, -0.1) is 0 Å². The molecule has 0 unspecified atom stereocenters. The van der Waals surface area contributed by atoms with Crippen LogP contribution >= 0.6 is 0 Å². The molecule has 1 amide bonds. The van der Waals surface area contributed by atoms with Crippen LogP contribution in [0.5, 0.6) is 11.5 Å². The van der Waals surface area contributed by atoms with Crippen molar-refractivity contribution in [3.63, 3.8) is 0 Å². The molecule has 3 aromatic heterocycles. The normalized spacial score (nSPS) is 21.6. The summed E-state index contributed by atoms with van der Waals surface area (Å²) in [6, 6.07) is 19.4. The van der Waals surface area contributed by atoms with Gasteiger partial charge in [0, 0.05) is 61.6 Å². The monoisotopic (exact) mass is 930 g/mol. The van der Waals surface area contributed by atoms with Crippen LogP contribution in [-0.2, 0) is 14.8 Å². The second kappa shape index (κ2) is 17.5. The zero-order valence-corrected chi connectivity index (χ0v) is 39.7. The van der Waals surface area contributed by atoms with E-state index in [1.165, 1.54) is 11.1 Å². The van der Waals surface area contributed by atoms with Crippen molar-refractivity contribution in [3.05, 3.63) is 106 Å². The van der Waals surface area contributed by atoms with Crippen molar-refractivity contribution in [3.8, 4) is 11.5 Å². The van der Waals surface area contributed by atoms with Crippen molar-refractivity contribution in [2.45, 2.75) is 120 Å². The molecular formula is C51H62N8O7S. The van der Waals surface area contributed by atoms with E-state index in [-0.39, 0.29) is 39.6 Å². The van der Waals surface area contributed by atoms with Crippen LogP contribution in [0.4, 0.5) is 17.2 Å². The summed E-state index contributed by atoms with van der Waals surface area (Å²) in [6.07, 6.45) is 15.1. The molecule has 2 aromatic carbocycles. The van der Waals surface area contributed by atoms with E-state index >= 15 is 0 Å². The maximum atomic E-state index is 14.0. The molecule has 0 bridgehead atoms. The lowest BCUT2D eigenvalue weighted by atomic mass is 9.59. The van der Waals surface area contributed by atoms with Gasteiger partial charge in [-0.3, -0.25) is 19.8 Å². The van der Waals surface area contributed by atoms with Crippen molar-refractivity contribution in [1.82, 2.24) is 24.6 Å². The van der Waals surface area contributed by atoms with Gasteiger partial charge in [-0.1, -0.05) is 52.0 Å². The Morgan fingerprint density at radius 2 is 1.75 bits per heavy atom. The molecule has 0 radical (unpaired) electrons. The molecule has 3 N–H and O–H groups in total. The summed E-state index contributed by atoms with van der Waals surface area (Å²) in [5.41, 5.74) is 4.37. The lowest BCUT2D eigenvalue weighted by Crippen LogP contribution is -2.59. The second-order valence-corrected chi connectivity index (χ2v) is 22.8. The van der Waals surface area contributed by atoms with Crippen LogP contribution in [0.15, 0.2) is 84.1 Å². The Bertz CT molecular complexity index is 2780. The summed E-state index contributed by atoms with van der Waals surface area (Å²) in [4.78, 5) is 41.8. The minimum absolute atomic E-state index is 0.0133. The van der Waals surface area contributed by atoms with Crippen molar-refractivity contribution in [2.75, 3.05) is 43.0 Å². The maximum absolute atomic E-state index is 14.0. The molecule has 1 atom stereocenters. The zero-order valence-electron chi connectivity index (χ0n) is 38.9. The Labute approximate surface area is 392 Å². The summed E-state index contributed by atoms with van der Waals surface area (Å²) in [5.74, 6) is 0.309. The van der Waals surface area contributed by atoms with Gasteiger partial charge >= 0.3 is 5.69 Å². The van der Waals surface area contributed by atoms with Gasteiger partial charge in [-0.2, -0.15) is 0 Å². The van der Waals surface area contributed by atoms with E-state index in [4.69, 9.17) is 9.47 Å². The fourth-order valence-electron chi connectivity index (χ4n) is 11.2. The standard InChI is InChI=1S/C51H62N8O7S/c1-33(2)40-7-5-6-8-41(40)44-31-65-51(16-17-51)32-58(44)37-26-50(27-37)18-21-57(22-19-50)36-9-10-42(45(24-36)66-38-23-35-13-20-52-46(35)54-29-38)48(60)56-67(63,64)39-25-43(59(61)62)47(55-30-39)53-28-34-11-14-49(3,4)15-12-34/h5-10,13,20,23-25,29-30,33-34,37,44H,11-12,14-19,21-22,26-28,31-32H2,1-4H3,(H,52,54)(H,53,55)(H,56,60)/t44-/m1/s1. The number of amides is 1. The first-order chi connectivity index (χ1) is 32.1. The number of aromatic nitrogens is 3. The molecule has 354 valence electrons. The Morgan fingerprint density at radius 1 is 0.985 bits per heavy atom. The lowest BCUT2D eigenvalue weighted by molar-refractivity contribution is -0.384. The van der Waals surface area contributed by atoms with E-state index in [1.54, 1.807) is 30.6 Å². The van der Waals surface area contributed by atoms with Crippen LogP contribution in [-0.4, -0.2) is 83.5 Å². The van der Waals surface area contributed by atoms with Crippen LogP contribution in [0, 0.1) is 26.9 Å². The number of aromatic amines is 1. The molecule has 16 heteroatoms. The summed E-state index contributed by atoms with van der Waals surface area (Å²) >= 11 is 0. The Hall–Kier alpha value is -5.58. The number of H-pyrrole nitrogens is 1. The highest BCUT2D eigenvalue weighted by Crippen LogP contribution is 2.56. The number of morpholine rings is 1. The SMILES string of the molecule is CC(C)c1ccccc1[C@H]1COC2(CC2)CN1C1CC2(CCN(c3ccc(C(=O)NS(=O)(=O)c4cnc(NCC5CCC(C)(C)CC5)c([N+](=O)[O-])c4)c(Oc4cnc5[nH]ccc5c4)c3)CC2)C1. The van der Waals surface area contributed by atoms with Crippen molar-refractivity contribution in [2.24, 2.45) is 16.7 Å². The molecule has 2 spiro atoms. The van der Waals surface area contributed by atoms with Gasteiger partial charge < -0.3 is 24.7 Å². The number of hydrogen-bond acceptors (Lipinski definition) is 12. The number of nitrogens with one attached hydrogen (secondary N) is 3. The summed E-state index contributed by atoms with van der Waals surface area (Å²) < 4.78 is 42.6. The van der Waals surface area contributed by atoms with E-state index in [0.717, 1.165) is 114 Å². The van der Waals surface area contributed by atoms with Gasteiger partial charge in [0.15, 0.2) is 0 Å². The van der Waals surface area contributed by atoms with E-state index in [9.17, 15) is 23.3 Å². The Kier molecular flexibility index (Phi) is 11.8. The number of benzene rings is 2. The van der Waals surface area contributed by atoms with Crippen molar-refractivity contribution in [1.29, 1.82) is 0 Å². The first-order valence-electron chi connectivity index (χ1n) is 24.0. The quantitative estimate of drug-likeness (QED) is 0.0751. The molecule has 3 aliphatic carbocycles. The molecule has 2 saturated heterocycles. The molecule has 3 saturated carbocycles. The number of carbonyl (C=O) groups is 1. The van der Waals surface area contributed by atoms with E-state index in [0.29, 0.717) is 35.8 Å². The van der Waals surface area contributed by atoms with Crippen molar-refractivity contribution < 1.29 is 27.6 Å². The Balaban J connectivity index is 0.842. The van der Waals surface area contributed by atoms with Crippen LogP contribution in [0.2, 0.25) is 0 Å². The highest BCUT2D eigenvalue weighted by Gasteiger charge is 2.56. The third kappa shape index (κ3) is 9.36. The van der Waals surface area contributed by atoms with Gasteiger partial charge in [-0.25, -0.2) is 23.1 Å². The first kappa shape index (κ1) is 45.2. The average Bonchev–Trinajstić information content (AvgIpc) is 3.88. The highest BCUT2D eigenvalue weighted by atomic mass is 32.2. The van der Waals surface area contributed by atoms with E-state index < -0.39 is 31.4 Å². The van der Waals surface area contributed by atoms with Crippen LogP contribution in [0.3, 0.4) is 0 Å². The van der Waals surface area contributed by atoms with Gasteiger partial charge in [0.1, 0.15) is 22.0 Å². The number of sulfonamides is 1. The molecule has 2 aliphatic heterocycles. The fourth-order valence-corrected chi connectivity index (χ4v) is 12.1. The van der Waals surface area contributed by atoms with Crippen LogP contribution in [0.1, 0.15) is 125 Å². The zero-order chi connectivity index (χ0) is 46.7. The number of anilines is 2. The molecular weight excluding hydrogens is 869 g/mol. The molecule has 15 nitrogen and oxygen atoms in total. The number of hydrogen-bond donors (Lipinski definition) is 3. The summed E-state index contributed by atoms with van der Waals surface area (Å²) in [7, 11) is -4.61.